The van der Waals surface area contributed by atoms with Crippen molar-refractivity contribution in [2.75, 3.05) is 0 Å². The zero-order valence-electron chi connectivity index (χ0n) is 17.0. The van der Waals surface area contributed by atoms with Crippen molar-refractivity contribution in [1.29, 1.82) is 0 Å². The minimum absolute atomic E-state index is 0. The molecule has 0 saturated heterocycles. The van der Waals surface area contributed by atoms with Gasteiger partial charge in [-0.3, -0.25) is 9.11 Å². The number of rotatable bonds is 4. The van der Waals surface area contributed by atoms with Gasteiger partial charge in [0.15, 0.2) is 0 Å². The minimum atomic E-state index is -4.58. The van der Waals surface area contributed by atoms with Gasteiger partial charge >= 0.3 is 0 Å². The molecule has 0 unspecified atom stereocenters. The number of hydrogen-bond acceptors (Lipinski definition) is 4. The Hall–Kier alpha value is -0.780. The van der Waals surface area contributed by atoms with Crippen molar-refractivity contribution < 1.29 is 25.9 Å². The zero-order valence-corrected chi connectivity index (χ0v) is 22.6. The van der Waals surface area contributed by atoms with Crippen molar-refractivity contribution >= 4 is 101 Å². The fraction of sp³-hybridized carbons (Fsp3) is 0.0476. The Balaban J connectivity index is 0.00000171. The third kappa shape index (κ3) is 5.42. The number of fused-ring (bicyclic) bond motifs is 2. The summed E-state index contributed by atoms with van der Waals surface area (Å²) in [5.74, 6) is 0. The molecule has 4 aromatic carbocycles. The molecule has 4 aromatic rings. The second-order valence-electron chi connectivity index (χ2n) is 6.68. The molecule has 2 N–H and O–H groups in total. The topological polar surface area (TPSA) is 109 Å². The van der Waals surface area contributed by atoms with Gasteiger partial charge in [0.2, 0.25) is 0 Å². The third-order valence-corrected chi connectivity index (χ3v) is 6.82. The molecule has 0 spiro atoms. The van der Waals surface area contributed by atoms with Gasteiger partial charge in [-0.05, 0) is 21.9 Å². The summed E-state index contributed by atoms with van der Waals surface area (Å²) in [6.45, 7) is 0. The molecule has 150 valence electrons. The summed E-state index contributed by atoms with van der Waals surface area (Å²) < 4.78 is 68.3. The van der Waals surface area contributed by atoms with E-state index in [1.165, 1.54) is 12.1 Å². The van der Waals surface area contributed by atoms with Gasteiger partial charge in [0.25, 0.3) is 20.2 Å². The first-order valence-electron chi connectivity index (χ1n) is 8.62. The number of benzene rings is 4. The van der Waals surface area contributed by atoms with Gasteiger partial charge in [0.1, 0.15) is 9.79 Å². The van der Waals surface area contributed by atoms with E-state index in [-0.39, 0.29) is 86.5 Å². The van der Waals surface area contributed by atoms with Gasteiger partial charge in [-0.15, -0.1) is 0 Å². The summed E-state index contributed by atoms with van der Waals surface area (Å²) >= 11 is 0. The molecule has 0 saturated carbocycles. The fourth-order valence-corrected chi connectivity index (χ4v) is 5.54. The Morgan fingerprint density at radius 1 is 0.548 bits per heavy atom. The first-order chi connectivity index (χ1) is 13.7. The molecule has 0 aliphatic carbocycles. The average molecular weight is 474 g/mol. The van der Waals surface area contributed by atoms with E-state index in [2.05, 4.69) is 0 Å². The van der Waals surface area contributed by atoms with E-state index in [1.54, 1.807) is 60.7 Å². The van der Waals surface area contributed by atoms with Gasteiger partial charge in [-0.2, -0.15) is 16.8 Å². The molecule has 0 aromatic heterocycles. The zero-order chi connectivity index (χ0) is 20.8. The minimum Gasteiger partial charge on any atom is -0.282 e. The molecule has 0 aliphatic rings. The van der Waals surface area contributed by atoms with Crippen LogP contribution in [0.5, 0.6) is 0 Å². The Bertz CT molecular complexity index is 1370. The summed E-state index contributed by atoms with van der Waals surface area (Å²) in [6.07, 6.45) is -0.111. The van der Waals surface area contributed by atoms with E-state index in [0.717, 1.165) is 0 Å². The Morgan fingerprint density at radius 2 is 0.903 bits per heavy atom. The van der Waals surface area contributed by atoms with Crippen LogP contribution in [0.25, 0.3) is 21.5 Å². The largest absolute Gasteiger partial charge is 0.295 e. The molecule has 10 heteroatoms. The molecule has 4 rings (SSSR count). The van der Waals surface area contributed by atoms with Crippen LogP contribution < -0.4 is 0 Å². The van der Waals surface area contributed by atoms with Crippen molar-refractivity contribution in [3.05, 3.63) is 83.9 Å². The molecular weight excluding hydrogens is 458 g/mol. The van der Waals surface area contributed by atoms with Crippen molar-refractivity contribution in [2.24, 2.45) is 0 Å². The van der Waals surface area contributed by atoms with Crippen molar-refractivity contribution in [2.45, 2.75) is 16.2 Å². The maximum atomic E-state index is 12.1. The Morgan fingerprint density at radius 3 is 1.26 bits per heavy atom. The summed E-state index contributed by atoms with van der Waals surface area (Å²) in [5.41, 5.74) is 0.456. The average Bonchev–Trinajstić information content (AvgIpc) is 2.65. The summed E-state index contributed by atoms with van der Waals surface area (Å²) in [5, 5.41) is 1.91. The summed E-state index contributed by atoms with van der Waals surface area (Å²) in [6, 6.07) is 19.9. The van der Waals surface area contributed by atoms with Gasteiger partial charge < -0.3 is 0 Å². The van der Waals surface area contributed by atoms with Crippen LogP contribution in [0.2, 0.25) is 0 Å². The first-order valence-corrected chi connectivity index (χ1v) is 11.5. The second-order valence-corrected chi connectivity index (χ2v) is 9.39. The molecule has 0 heterocycles. The van der Waals surface area contributed by atoms with Crippen LogP contribution in [0, 0.1) is 0 Å². The third-order valence-electron chi connectivity index (χ3n) is 4.82. The van der Waals surface area contributed by atoms with E-state index < -0.39 is 20.2 Å². The van der Waals surface area contributed by atoms with E-state index >= 15 is 0 Å². The quantitative estimate of drug-likeness (QED) is 0.347. The summed E-state index contributed by atoms with van der Waals surface area (Å²) in [4.78, 5) is -0.546. The van der Waals surface area contributed by atoms with Crippen LogP contribution in [-0.2, 0) is 26.7 Å². The molecule has 0 atom stereocenters. The molecule has 0 fully saturated rings. The van der Waals surface area contributed by atoms with Crippen molar-refractivity contribution in [3.63, 3.8) is 0 Å². The monoisotopic (exact) mass is 474 g/mol. The molecular formula is C21H16Na2O6S2. The normalized spacial score (nSPS) is 11.7. The summed E-state index contributed by atoms with van der Waals surface area (Å²) in [7, 11) is -9.17. The second kappa shape index (κ2) is 10.0. The standard InChI is InChI=1S/C21H16O6S2.2Na/c22-28(23,24)20-16(11-9-14-5-1-3-7-18(14)20)13-17-12-10-15-6-2-4-8-19(15)21(17)29(25,26)27;;/h1-12H,13H2,(H,22,23,24)(H,25,26,27);;. The van der Waals surface area contributed by atoms with Crippen molar-refractivity contribution in [3.8, 4) is 0 Å². The van der Waals surface area contributed by atoms with E-state index in [1.807, 2.05) is 0 Å². The molecule has 2 radical (unpaired) electrons. The van der Waals surface area contributed by atoms with Crippen molar-refractivity contribution in [1.82, 2.24) is 0 Å². The van der Waals surface area contributed by atoms with Crippen LogP contribution in [0.1, 0.15) is 11.1 Å². The fourth-order valence-electron chi connectivity index (χ4n) is 3.67. The SMILES string of the molecule is O=S(=O)(O)c1c(Cc2ccc3ccccc3c2S(=O)(=O)O)ccc2ccccc12.[Na].[Na]. The van der Waals surface area contributed by atoms with E-state index in [9.17, 15) is 25.9 Å². The maximum absolute atomic E-state index is 12.1. The van der Waals surface area contributed by atoms with E-state index in [0.29, 0.717) is 21.5 Å². The number of hydrogen-bond donors (Lipinski definition) is 2. The van der Waals surface area contributed by atoms with Gasteiger partial charge in [-0.1, -0.05) is 72.8 Å². The van der Waals surface area contributed by atoms with Gasteiger partial charge in [-0.25, -0.2) is 0 Å². The molecule has 0 amide bonds. The van der Waals surface area contributed by atoms with E-state index in [4.69, 9.17) is 0 Å². The molecule has 0 aliphatic heterocycles. The molecule has 0 bridgehead atoms. The van der Waals surface area contributed by atoms with Crippen LogP contribution in [0.3, 0.4) is 0 Å². The predicted octanol–water partition coefficient (Wildman–Crippen LogP) is 3.32. The van der Waals surface area contributed by atoms with Gasteiger partial charge in [0, 0.05) is 76.3 Å². The predicted molar refractivity (Wildman–Crippen MR) is 122 cm³/mol. The Labute approximate surface area is 224 Å². The molecule has 6 nitrogen and oxygen atoms in total. The maximum Gasteiger partial charge on any atom is 0.295 e. The smallest absolute Gasteiger partial charge is 0.282 e. The van der Waals surface area contributed by atoms with Crippen LogP contribution >= 0.6 is 0 Å². The molecule has 31 heavy (non-hydrogen) atoms. The van der Waals surface area contributed by atoms with Crippen LogP contribution in [-0.4, -0.2) is 85.1 Å². The van der Waals surface area contributed by atoms with Crippen LogP contribution in [0.15, 0.2) is 82.6 Å². The Kier molecular flexibility index (Phi) is 8.55. The van der Waals surface area contributed by atoms with Gasteiger partial charge in [0.05, 0.1) is 0 Å². The first kappa shape index (κ1) is 26.5. The van der Waals surface area contributed by atoms with Crippen LogP contribution in [0.4, 0.5) is 0 Å².